The van der Waals surface area contributed by atoms with Crippen molar-refractivity contribution in [2.24, 2.45) is 5.92 Å². The standard InChI is InChI=1S/C38H48N6O8S/c1-22(2)31-19-28(41-52-31)27-18-32(26-12-13-30(50-6)23(3)33(26)39-27)51-25-17-29-34(45)43(5)16-10-8-7-9-11-24-20-38(24,40-36(47)44(29)21-25)35(46)42-53(48,49)37(4)14-15-37/h9,11-13,18-19,22,24-25,29H,7-8,10,14-17,20-21H2,1-6H3,(H,40,47)(H,42,46)/b11-9-/t24-,25+,29+,38-/m1/s1. The molecule has 4 amide bonds. The molecular formula is C38H48N6O8S. The van der Waals surface area contributed by atoms with E-state index in [4.69, 9.17) is 19.0 Å². The number of allylic oxidation sites excluding steroid dienone is 1. The number of ether oxygens (including phenoxy) is 2. The van der Waals surface area contributed by atoms with Gasteiger partial charge in [0, 0.05) is 54.9 Å². The lowest BCUT2D eigenvalue weighted by molar-refractivity contribution is -0.134. The zero-order chi connectivity index (χ0) is 37.9. The van der Waals surface area contributed by atoms with E-state index in [0.717, 1.165) is 30.2 Å². The molecule has 4 heterocycles. The van der Waals surface area contributed by atoms with Crippen LogP contribution in [0.5, 0.6) is 11.5 Å². The predicted octanol–water partition coefficient (Wildman–Crippen LogP) is 4.82. The largest absolute Gasteiger partial charge is 0.496 e. The number of urea groups is 1. The first-order valence-electron chi connectivity index (χ1n) is 18.4. The van der Waals surface area contributed by atoms with Crippen LogP contribution >= 0.6 is 0 Å². The zero-order valence-electron chi connectivity index (χ0n) is 31.1. The number of methoxy groups -OCH3 is 1. The molecule has 0 unspecified atom stereocenters. The second-order valence-electron chi connectivity index (χ2n) is 15.5. The van der Waals surface area contributed by atoms with Gasteiger partial charge >= 0.3 is 6.03 Å². The Bertz CT molecular complexity index is 2090. The van der Waals surface area contributed by atoms with Crippen LogP contribution in [0, 0.1) is 12.8 Å². The first kappa shape index (κ1) is 36.7. The van der Waals surface area contributed by atoms with Crippen LogP contribution in [-0.2, 0) is 19.6 Å². The molecule has 2 aromatic heterocycles. The van der Waals surface area contributed by atoms with Crippen molar-refractivity contribution in [2.75, 3.05) is 27.2 Å². The first-order valence-corrected chi connectivity index (χ1v) is 19.8. The molecule has 14 nitrogen and oxygen atoms in total. The van der Waals surface area contributed by atoms with Crippen LogP contribution in [0.3, 0.4) is 0 Å². The van der Waals surface area contributed by atoms with Crippen LogP contribution < -0.4 is 19.5 Å². The fourth-order valence-electron chi connectivity index (χ4n) is 7.29. The van der Waals surface area contributed by atoms with Gasteiger partial charge < -0.3 is 29.1 Å². The van der Waals surface area contributed by atoms with E-state index in [1.165, 1.54) is 4.90 Å². The summed E-state index contributed by atoms with van der Waals surface area (Å²) in [6.45, 7) is 8.10. The molecule has 2 aliphatic carbocycles. The zero-order valence-corrected chi connectivity index (χ0v) is 31.9. The van der Waals surface area contributed by atoms with Crippen molar-refractivity contribution in [1.29, 1.82) is 0 Å². The van der Waals surface area contributed by atoms with E-state index in [-0.39, 0.29) is 31.2 Å². The molecule has 4 atom stereocenters. The normalized spacial score (nSPS) is 26.4. The molecule has 2 saturated carbocycles. The summed E-state index contributed by atoms with van der Waals surface area (Å²) in [6.07, 6.45) is 6.92. The van der Waals surface area contributed by atoms with E-state index in [0.29, 0.717) is 53.6 Å². The molecule has 1 saturated heterocycles. The Morgan fingerprint density at radius 1 is 1.13 bits per heavy atom. The number of fused-ring (bicyclic) bond motifs is 3. The summed E-state index contributed by atoms with van der Waals surface area (Å²) in [7, 11) is -0.623. The maximum Gasteiger partial charge on any atom is 0.319 e. The number of carbonyl (C=O) groups excluding carboxylic acids is 3. The highest BCUT2D eigenvalue weighted by Gasteiger charge is 2.63. The Kier molecular flexibility index (Phi) is 9.44. The van der Waals surface area contributed by atoms with Crippen molar-refractivity contribution in [1.82, 2.24) is 30.0 Å². The molecule has 1 aromatic carbocycles. The first-order chi connectivity index (χ1) is 25.2. The van der Waals surface area contributed by atoms with Gasteiger partial charge in [0.15, 0.2) is 0 Å². The van der Waals surface area contributed by atoms with Gasteiger partial charge in [-0.3, -0.25) is 14.3 Å². The van der Waals surface area contributed by atoms with Crippen molar-refractivity contribution in [3.05, 3.63) is 47.7 Å². The van der Waals surface area contributed by atoms with E-state index >= 15 is 0 Å². The molecule has 7 rings (SSSR count). The minimum absolute atomic E-state index is 0.0421. The smallest absolute Gasteiger partial charge is 0.319 e. The lowest BCUT2D eigenvalue weighted by Crippen LogP contribution is -2.58. The van der Waals surface area contributed by atoms with Gasteiger partial charge in [-0.2, -0.15) is 0 Å². The fraction of sp³-hybridized carbons (Fsp3) is 0.553. The highest BCUT2D eigenvalue weighted by atomic mass is 32.2. The molecule has 3 fully saturated rings. The van der Waals surface area contributed by atoms with Gasteiger partial charge in [0.25, 0.3) is 5.91 Å². The van der Waals surface area contributed by atoms with E-state index in [1.54, 1.807) is 32.0 Å². The Balaban J connectivity index is 1.21. The summed E-state index contributed by atoms with van der Waals surface area (Å²) >= 11 is 0. The summed E-state index contributed by atoms with van der Waals surface area (Å²) in [5, 5.41) is 7.88. The topological polar surface area (TPSA) is 173 Å². The minimum atomic E-state index is -3.95. The SMILES string of the molecule is COc1ccc2c(O[C@H]3C[C@H]4C(=O)N(C)CCCC/C=C\[C@@H]5C[C@@]5(C(=O)NS(=O)(=O)C5(C)CC5)NC(=O)N4C3)cc(-c3cc(C(C)C)on3)nc2c1C. The quantitative estimate of drug-likeness (QED) is 0.304. The van der Waals surface area contributed by atoms with Gasteiger partial charge in [-0.25, -0.2) is 18.2 Å². The molecule has 2 N–H and O–H groups in total. The second kappa shape index (κ2) is 13.6. The van der Waals surface area contributed by atoms with Gasteiger partial charge in [0.05, 0.1) is 29.6 Å². The number of nitrogens with one attached hydrogen (secondary N) is 2. The maximum absolute atomic E-state index is 14.3. The summed E-state index contributed by atoms with van der Waals surface area (Å²) in [6, 6.07) is 5.84. The highest BCUT2D eigenvalue weighted by Crippen LogP contribution is 2.47. The number of likely N-dealkylation sites (N-methyl/N-ethyl adjacent to an activating group) is 1. The average Bonchev–Trinajstić information content (AvgIpc) is 3.89. The average molecular weight is 749 g/mol. The molecule has 0 radical (unpaired) electrons. The number of benzene rings is 1. The van der Waals surface area contributed by atoms with Gasteiger partial charge in [-0.05, 0) is 64.5 Å². The third-order valence-corrected chi connectivity index (χ3v) is 13.4. The number of aromatic nitrogens is 2. The molecule has 3 aromatic rings. The van der Waals surface area contributed by atoms with Crippen LogP contribution in [0.4, 0.5) is 4.79 Å². The van der Waals surface area contributed by atoms with E-state index in [9.17, 15) is 22.8 Å². The summed E-state index contributed by atoms with van der Waals surface area (Å²) in [4.78, 5) is 50.0. The molecule has 2 aliphatic heterocycles. The van der Waals surface area contributed by atoms with Gasteiger partial charge in [0.2, 0.25) is 15.9 Å². The number of pyridine rings is 1. The van der Waals surface area contributed by atoms with Gasteiger partial charge in [0.1, 0.15) is 40.6 Å². The Morgan fingerprint density at radius 3 is 2.60 bits per heavy atom. The summed E-state index contributed by atoms with van der Waals surface area (Å²) < 4.78 is 45.3. The Morgan fingerprint density at radius 2 is 1.91 bits per heavy atom. The number of carbonyl (C=O) groups is 3. The van der Waals surface area contributed by atoms with Gasteiger partial charge in [-0.1, -0.05) is 31.2 Å². The van der Waals surface area contributed by atoms with Crippen molar-refractivity contribution >= 4 is 38.8 Å². The number of nitrogens with zero attached hydrogens (tertiary/aromatic N) is 4. The van der Waals surface area contributed by atoms with Gasteiger partial charge in [-0.15, -0.1) is 0 Å². The lowest BCUT2D eigenvalue weighted by atomic mass is 10.1. The number of amides is 4. The molecular weight excluding hydrogens is 701 g/mol. The van der Waals surface area contributed by atoms with Crippen LogP contribution in [0.15, 0.2) is 40.9 Å². The Labute approximate surface area is 309 Å². The minimum Gasteiger partial charge on any atom is -0.496 e. The third-order valence-electron chi connectivity index (χ3n) is 11.3. The molecule has 15 heteroatoms. The van der Waals surface area contributed by atoms with Crippen LogP contribution in [0.1, 0.15) is 83.0 Å². The summed E-state index contributed by atoms with van der Waals surface area (Å²) in [5.74, 6) is 0.587. The Hall–Kier alpha value is -4.66. The van der Waals surface area contributed by atoms with E-state index in [2.05, 4.69) is 15.2 Å². The van der Waals surface area contributed by atoms with Crippen molar-refractivity contribution in [2.45, 2.75) is 101 Å². The van der Waals surface area contributed by atoms with Crippen LogP contribution in [0.2, 0.25) is 0 Å². The molecule has 284 valence electrons. The summed E-state index contributed by atoms with van der Waals surface area (Å²) in [5.41, 5.74) is 1.05. The molecule has 0 bridgehead atoms. The van der Waals surface area contributed by atoms with E-state index in [1.807, 2.05) is 51.1 Å². The monoisotopic (exact) mass is 748 g/mol. The number of hydrogen-bond acceptors (Lipinski definition) is 10. The highest BCUT2D eigenvalue weighted by molar-refractivity contribution is 7.91. The third kappa shape index (κ3) is 6.83. The number of aryl methyl sites for hydroxylation is 1. The van der Waals surface area contributed by atoms with Crippen molar-refractivity contribution in [3.8, 4) is 22.9 Å². The second-order valence-corrected chi connectivity index (χ2v) is 17.7. The predicted molar refractivity (Wildman–Crippen MR) is 197 cm³/mol. The lowest BCUT2D eigenvalue weighted by Gasteiger charge is -2.30. The molecule has 53 heavy (non-hydrogen) atoms. The van der Waals surface area contributed by atoms with Crippen LogP contribution in [-0.4, -0.2) is 95.9 Å². The molecule has 4 aliphatic rings. The number of hydrogen-bond donors (Lipinski definition) is 2. The number of rotatable bonds is 8. The van der Waals surface area contributed by atoms with Crippen molar-refractivity contribution in [3.63, 3.8) is 0 Å². The van der Waals surface area contributed by atoms with Crippen LogP contribution in [0.25, 0.3) is 22.3 Å². The number of sulfonamides is 1. The van der Waals surface area contributed by atoms with Crippen molar-refractivity contribution < 1.29 is 36.8 Å². The van der Waals surface area contributed by atoms with E-state index < -0.39 is 50.3 Å². The maximum atomic E-state index is 14.3. The fourth-order valence-corrected chi connectivity index (χ4v) is 8.61. The molecule has 0 spiro atoms.